The number of carbonyl (C=O) groups is 1. The first kappa shape index (κ1) is 21.5. The Bertz CT molecular complexity index is 1000. The van der Waals surface area contributed by atoms with Crippen molar-refractivity contribution in [1.29, 1.82) is 0 Å². The fourth-order valence-electron chi connectivity index (χ4n) is 4.56. The Kier molecular flexibility index (Phi) is 6.06. The molecule has 0 spiro atoms. The van der Waals surface area contributed by atoms with Gasteiger partial charge in [0, 0.05) is 30.4 Å². The standard InChI is InChI=1S/C23H30N2O3S2/c1-16(2)18-4-6-20(7-5-18)30(27,28)24-12-8-19(9-13-24)23(26)25-14-10-22-21(17(25)3)11-15-29-22/h4-7,11,15-17,19H,8-10,12-14H2,1-3H3/t17-/m0/s1. The third-order valence-corrected chi connectivity index (χ3v) is 9.46. The van der Waals surface area contributed by atoms with Crippen molar-refractivity contribution >= 4 is 27.3 Å². The summed E-state index contributed by atoms with van der Waals surface area (Å²) in [7, 11) is -3.51. The molecule has 1 fully saturated rings. The molecule has 0 N–H and O–H groups in total. The molecule has 4 rings (SSSR count). The third-order valence-electron chi connectivity index (χ3n) is 6.55. The van der Waals surface area contributed by atoms with Gasteiger partial charge in [-0.25, -0.2) is 8.42 Å². The van der Waals surface area contributed by atoms with Crippen molar-refractivity contribution < 1.29 is 13.2 Å². The second kappa shape index (κ2) is 8.44. The van der Waals surface area contributed by atoms with Gasteiger partial charge in [0.05, 0.1) is 10.9 Å². The van der Waals surface area contributed by atoms with Crippen LogP contribution in [0.15, 0.2) is 40.6 Å². The summed E-state index contributed by atoms with van der Waals surface area (Å²) < 4.78 is 27.6. The Morgan fingerprint density at radius 1 is 1.07 bits per heavy atom. The van der Waals surface area contributed by atoms with Crippen LogP contribution in [0.2, 0.25) is 0 Å². The predicted octanol–water partition coefficient (Wildman–Crippen LogP) is 4.42. The van der Waals surface area contributed by atoms with Crippen LogP contribution in [-0.2, 0) is 21.2 Å². The van der Waals surface area contributed by atoms with Gasteiger partial charge in [0.1, 0.15) is 0 Å². The van der Waals surface area contributed by atoms with Crippen LogP contribution in [0.3, 0.4) is 0 Å². The molecule has 162 valence electrons. The molecular formula is C23H30N2O3S2. The van der Waals surface area contributed by atoms with Crippen LogP contribution in [-0.4, -0.2) is 43.2 Å². The van der Waals surface area contributed by atoms with E-state index in [2.05, 4.69) is 32.2 Å². The molecule has 7 heteroatoms. The number of piperidine rings is 1. The molecule has 0 unspecified atom stereocenters. The second-order valence-electron chi connectivity index (χ2n) is 8.66. The lowest BCUT2D eigenvalue weighted by atomic mass is 9.93. The summed E-state index contributed by atoms with van der Waals surface area (Å²) in [6, 6.07) is 9.43. The number of sulfonamides is 1. The van der Waals surface area contributed by atoms with Crippen molar-refractivity contribution in [2.75, 3.05) is 19.6 Å². The second-order valence-corrected chi connectivity index (χ2v) is 11.6. The maximum absolute atomic E-state index is 13.2. The number of benzene rings is 1. The van der Waals surface area contributed by atoms with E-state index in [1.165, 1.54) is 14.7 Å². The van der Waals surface area contributed by atoms with Gasteiger partial charge in [-0.05, 0) is 66.8 Å². The van der Waals surface area contributed by atoms with E-state index < -0.39 is 10.0 Å². The van der Waals surface area contributed by atoms with E-state index in [1.54, 1.807) is 23.5 Å². The Labute approximate surface area is 183 Å². The van der Waals surface area contributed by atoms with Gasteiger partial charge < -0.3 is 4.90 Å². The summed E-state index contributed by atoms with van der Waals surface area (Å²) in [6.45, 7) is 7.84. The van der Waals surface area contributed by atoms with Gasteiger partial charge in [-0.15, -0.1) is 11.3 Å². The molecule has 0 aliphatic carbocycles. The number of hydrogen-bond acceptors (Lipinski definition) is 4. The van der Waals surface area contributed by atoms with Gasteiger partial charge in [-0.2, -0.15) is 4.31 Å². The Hall–Kier alpha value is -1.70. The summed E-state index contributed by atoms with van der Waals surface area (Å²) in [4.78, 5) is 16.9. The maximum Gasteiger partial charge on any atom is 0.243 e. The molecule has 1 atom stereocenters. The molecule has 30 heavy (non-hydrogen) atoms. The number of carbonyl (C=O) groups excluding carboxylic acids is 1. The molecule has 1 amide bonds. The van der Waals surface area contributed by atoms with Gasteiger partial charge in [-0.3, -0.25) is 4.79 Å². The van der Waals surface area contributed by atoms with E-state index in [4.69, 9.17) is 0 Å². The molecule has 3 heterocycles. The molecule has 1 aromatic heterocycles. The number of thiophene rings is 1. The van der Waals surface area contributed by atoms with Crippen molar-refractivity contribution in [2.45, 2.75) is 56.9 Å². The van der Waals surface area contributed by atoms with Crippen LogP contribution < -0.4 is 0 Å². The summed E-state index contributed by atoms with van der Waals surface area (Å²) in [5.74, 6) is 0.450. The van der Waals surface area contributed by atoms with Crippen molar-refractivity contribution in [2.24, 2.45) is 5.92 Å². The molecule has 2 aromatic rings. The van der Waals surface area contributed by atoms with E-state index in [-0.39, 0.29) is 17.9 Å². The summed E-state index contributed by atoms with van der Waals surface area (Å²) in [6.07, 6.45) is 2.09. The number of amides is 1. The van der Waals surface area contributed by atoms with E-state index in [9.17, 15) is 13.2 Å². The van der Waals surface area contributed by atoms with Crippen LogP contribution in [0.1, 0.15) is 61.6 Å². The monoisotopic (exact) mass is 446 g/mol. The van der Waals surface area contributed by atoms with E-state index in [0.717, 1.165) is 18.5 Å². The molecule has 1 aromatic carbocycles. The number of nitrogens with zero attached hydrogens (tertiary/aromatic N) is 2. The Morgan fingerprint density at radius 3 is 2.37 bits per heavy atom. The first-order valence-corrected chi connectivity index (χ1v) is 13.1. The predicted molar refractivity (Wildman–Crippen MR) is 120 cm³/mol. The SMILES string of the molecule is CC(C)c1ccc(S(=O)(=O)N2CCC(C(=O)N3CCc4sccc4[C@@H]3C)CC2)cc1. The lowest BCUT2D eigenvalue weighted by Gasteiger charge is -2.38. The zero-order valence-corrected chi connectivity index (χ0v) is 19.5. The highest BCUT2D eigenvalue weighted by Gasteiger charge is 2.36. The van der Waals surface area contributed by atoms with Crippen LogP contribution in [0, 0.1) is 5.92 Å². The smallest absolute Gasteiger partial charge is 0.243 e. The Balaban J connectivity index is 1.40. The molecule has 1 saturated heterocycles. The van der Waals surface area contributed by atoms with Crippen molar-refractivity contribution in [3.8, 4) is 0 Å². The van der Waals surface area contributed by atoms with Gasteiger partial charge in [0.2, 0.25) is 15.9 Å². The summed E-state index contributed by atoms with van der Waals surface area (Å²) in [5, 5.41) is 2.10. The lowest BCUT2D eigenvalue weighted by Crippen LogP contribution is -2.46. The molecule has 5 nitrogen and oxygen atoms in total. The van der Waals surface area contributed by atoms with Crippen molar-refractivity contribution in [3.05, 3.63) is 51.7 Å². The first-order chi connectivity index (χ1) is 14.3. The normalized spacial score (nSPS) is 21.1. The largest absolute Gasteiger partial charge is 0.335 e. The van der Waals surface area contributed by atoms with Gasteiger partial charge >= 0.3 is 0 Å². The van der Waals surface area contributed by atoms with E-state index in [1.807, 2.05) is 17.0 Å². The van der Waals surface area contributed by atoms with E-state index >= 15 is 0 Å². The Morgan fingerprint density at radius 2 is 1.73 bits per heavy atom. The zero-order valence-electron chi connectivity index (χ0n) is 17.9. The lowest BCUT2D eigenvalue weighted by molar-refractivity contribution is -0.139. The summed E-state index contributed by atoms with van der Waals surface area (Å²) >= 11 is 1.77. The number of rotatable bonds is 4. The average molecular weight is 447 g/mol. The van der Waals surface area contributed by atoms with Crippen LogP contribution in [0.4, 0.5) is 0 Å². The highest BCUT2D eigenvalue weighted by molar-refractivity contribution is 7.89. The maximum atomic E-state index is 13.2. The molecule has 0 bridgehead atoms. The van der Waals surface area contributed by atoms with E-state index in [0.29, 0.717) is 36.7 Å². The zero-order chi connectivity index (χ0) is 21.5. The molecule has 0 saturated carbocycles. The van der Waals surface area contributed by atoms with Gasteiger partial charge in [-0.1, -0.05) is 26.0 Å². The van der Waals surface area contributed by atoms with Crippen LogP contribution in [0.5, 0.6) is 0 Å². The topological polar surface area (TPSA) is 57.7 Å². The van der Waals surface area contributed by atoms with Crippen LogP contribution >= 0.6 is 11.3 Å². The molecule has 0 radical (unpaired) electrons. The minimum atomic E-state index is -3.51. The first-order valence-electron chi connectivity index (χ1n) is 10.8. The minimum absolute atomic E-state index is 0.0950. The van der Waals surface area contributed by atoms with Crippen molar-refractivity contribution in [3.63, 3.8) is 0 Å². The van der Waals surface area contributed by atoms with Crippen molar-refractivity contribution in [1.82, 2.24) is 9.21 Å². The fraction of sp³-hybridized carbons (Fsp3) is 0.522. The summed E-state index contributed by atoms with van der Waals surface area (Å²) in [5.41, 5.74) is 2.40. The highest BCUT2D eigenvalue weighted by Crippen LogP contribution is 2.35. The van der Waals surface area contributed by atoms with Crippen LogP contribution in [0.25, 0.3) is 0 Å². The van der Waals surface area contributed by atoms with Gasteiger partial charge in [0.25, 0.3) is 0 Å². The fourth-order valence-corrected chi connectivity index (χ4v) is 6.99. The molecule has 2 aliphatic rings. The van der Waals surface area contributed by atoms with Gasteiger partial charge in [0.15, 0.2) is 0 Å². The minimum Gasteiger partial charge on any atom is -0.335 e. The third kappa shape index (κ3) is 3.95. The average Bonchev–Trinajstić information content (AvgIpc) is 3.23. The quantitative estimate of drug-likeness (QED) is 0.699. The molecule has 2 aliphatic heterocycles. The number of hydrogen-bond donors (Lipinski definition) is 0. The molecular weight excluding hydrogens is 416 g/mol. The number of fused-ring (bicyclic) bond motifs is 1. The highest BCUT2D eigenvalue weighted by atomic mass is 32.2.